The third kappa shape index (κ3) is 39.0. The summed E-state index contributed by atoms with van der Waals surface area (Å²) in [5.41, 5.74) is 0. The van der Waals surface area contributed by atoms with Gasteiger partial charge in [0.15, 0.2) is 0 Å². The van der Waals surface area contributed by atoms with Crippen molar-refractivity contribution in [2.45, 2.75) is 142 Å². The van der Waals surface area contributed by atoms with Crippen molar-refractivity contribution in [3.05, 3.63) is 26.0 Å². The smallest absolute Gasteiger partial charge is 0.310 e. The molecule has 0 fully saturated rings. The number of rotatable bonds is 21. The van der Waals surface area contributed by atoms with Crippen LogP contribution < -0.4 is 0 Å². The Hall–Kier alpha value is -1.58. The molecule has 0 rings (SSSR count). The molecule has 0 amide bonds. The van der Waals surface area contributed by atoms with Crippen molar-refractivity contribution in [2.24, 2.45) is 0 Å². The van der Waals surface area contributed by atoms with Gasteiger partial charge in [0.05, 0.1) is 6.26 Å². The summed E-state index contributed by atoms with van der Waals surface area (Å²) >= 11 is 0. The molecule has 0 heterocycles. The molecule has 4 nitrogen and oxygen atoms in total. The maximum absolute atomic E-state index is 11.0. The molecule has 32 heavy (non-hydrogen) atoms. The van der Waals surface area contributed by atoms with Crippen LogP contribution in [0.4, 0.5) is 0 Å². The minimum atomic E-state index is -0.659. The predicted octanol–water partition coefficient (Wildman–Crippen LogP) is 9.39. The highest BCUT2D eigenvalue weighted by Crippen LogP contribution is 2.11. The van der Waals surface area contributed by atoms with Crippen molar-refractivity contribution in [1.29, 1.82) is 0 Å². The Kier molecular flexibility index (Phi) is 37.3. The Bertz CT molecular complexity index is 393. The van der Waals surface area contributed by atoms with Gasteiger partial charge in [-0.05, 0) is 12.8 Å². The second kappa shape index (κ2) is 34.0. The van der Waals surface area contributed by atoms with E-state index in [2.05, 4.69) is 38.3 Å². The molecule has 0 aliphatic heterocycles. The first kappa shape index (κ1) is 35.0. The Labute approximate surface area is 199 Å². The first-order valence-corrected chi connectivity index (χ1v) is 13.1. The largest absolute Gasteiger partial charge is 0.481 e. The molecule has 0 spiro atoms. The third-order valence-corrected chi connectivity index (χ3v) is 5.19. The molecule has 0 aromatic carbocycles. The Morgan fingerprint density at radius 2 is 0.938 bits per heavy atom. The van der Waals surface area contributed by atoms with Crippen LogP contribution in [0.1, 0.15) is 142 Å². The highest BCUT2D eigenvalue weighted by Gasteiger charge is 2.00. The van der Waals surface area contributed by atoms with E-state index < -0.39 is 5.97 Å². The normalized spacial score (nSPS) is 9.69. The van der Waals surface area contributed by atoms with Crippen LogP contribution in [0.15, 0.2) is 26.0 Å². The van der Waals surface area contributed by atoms with Gasteiger partial charge in [-0.25, -0.2) is 0 Å². The molecule has 0 aliphatic carbocycles. The van der Waals surface area contributed by atoms with Gasteiger partial charge in [-0.2, -0.15) is 0 Å². The fourth-order valence-corrected chi connectivity index (χ4v) is 3.32. The van der Waals surface area contributed by atoms with E-state index in [9.17, 15) is 9.59 Å². The van der Waals surface area contributed by atoms with Gasteiger partial charge in [-0.15, -0.1) is 13.2 Å². The molecule has 0 atom stereocenters. The first-order chi connectivity index (χ1) is 15.6. The van der Waals surface area contributed by atoms with Crippen LogP contribution in [0, 0.1) is 0 Å². The Morgan fingerprint density at radius 1 is 0.625 bits per heavy atom. The van der Waals surface area contributed by atoms with Crippen LogP contribution in [0.3, 0.4) is 0 Å². The number of ether oxygens (including phenoxy) is 1. The molecule has 4 heteroatoms. The second-order valence-electron chi connectivity index (χ2n) is 8.21. The molecule has 1 N–H and O–H groups in total. The van der Waals surface area contributed by atoms with E-state index >= 15 is 0 Å². The molecule has 0 saturated heterocycles. The summed E-state index contributed by atoms with van der Waals surface area (Å²) in [6, 6.07) is 0. The zero-order chi connectivity index (χ0) is 24.7. The number of hydrogen-bond donors (Lipinski definition) is 1. The van der Waals surface area contributed by atoms with Crippen LogP contribution in [-0.2, 0) is 14.3 Å². The van der Waals surface area contributed by atoms with Crippen molar-refractivity contribution < 1.29 is 19.4 Å². The van der Waals surface area contributed by atoms with E-state index in [1.165, 1.54) is 96.2 Å². The van der Waals surface area contributed by atoms with Crippen LogP contribution in [0.5, 0.6) is 0 Å². The van der Waals surface area contributed by atoms with Gasteiger partial charge >= 0.3 is 11.9 Å². The number of carbonyl (C=O) groups excluding carboxylic acids is 1. The van der Waals surface area contributed by atoms with Crippen molar-refractivity contribution in [2.75, 3.05) is 0 Å². The highest BCUT2D eigenvalue weighted by molar-refractivity contribution is 5.69. The standard InChI is InChI=1S/C14H26O2.C12H24O2.C2H4/c1-3-5-6-7-8-9-10-11-12-13-14(15)16-4-2;1-2-3-4-5-6-7-8-9-10-11-12(13)14;1-2/h4H,2-3,5-13H2,1H3;2-11H2,1H3,(H,13,14);1-2H2. The molecular weight excluding hydrogens is 400 g/mol. The van der Waals surface area contributed by atoms with Crippen LogP contribution in [0.2, 0.25) is 0 Å². The molecule has 190 valence electrons. The summed E-state index contributed by atoms with van der Waals surface area (Å²) in [5, 5.41) is 8.41. The number of esters is 1. The second-order valence-corrected chi connectivity index (χ2v) is 8.21. The number of carboxylic acids is 1. The topological polar surface area (TPSA) is 63.6 Å². The summed E-state index contributed by atoms with van der Waals surface area (Å²) in [5.74, 6) is -0.814. The number of hydrogen-bond acceptors (Lipinski definition) is 3. The summed E-state index contributed by atoms with van der Waals surface area (Å²) in [4.78, 5) is 21.2. The third-order valence-electron chi connectivity index (χ3n) is 5.19. The Morgan fingerprint density at radius 3 is 1.25 bits per heavy atom. The lowest BCUT2D eigenvalue weighted by Gasteiger charge is -2.01. The van der Waals surface area contributed by atoms with Crippen LogP contribution in [0.25, 0.3) is 0 Å². The zero-order valence-corrected chi connectivity index (χ0v) is 21.5. The van der Waals surface area contributed by atoms with E-state index in [1.54, 1.807) is 0 Å². The van der Waals surface area contributed by atoms with Gasteiger partial charge in [0.1, 0.15) is 0 Å². The molecule has 0 saturated carbocycles. The number of carboxylic acid groups (broad SMARTS) is 1. The lowest BCUT2D eigenvalue weighted by molar-refractivity contribution is -0.138. The molecule has 0 unspecified atom stereocenters. The SMILES string of the molecule is C=C.C=COC(=O)CCCCCCCCCCC.CCCCCCCCCCCC(=O)O. The van der Waals surface area contributed by atoms with E-state index in [0.29, 0.717) is 12.8 Å². The van der Waals surface area contributed by atoms with Crippen LogP contribution >= 0.6 is 0 Å². The van der Waals surface area contributed by atoms with Gasteiger partial charge in [-0.3, -0.25) is 9.59 Å². The molecule has 0 bridgehead atoms. The van der Waals surface area contributed by atoms with Crippen molar-refractivity contribution in [3.63, 3.8) is 0 Å². The van der Waals surface area contributed by atoms with Gasteiger partial charge in [-0.1, -0.05) is 123 Å². The van der Waals surface area contributed by atoms with Crippen molar-refractivity contribution >= 4 is 11.9 Å². The van der Waals surface area contributed by atoms with Gasteiger partial charge in [0.2, 0.25) is 0 Å². The lowest BCUT2D eigenvalue weighted by Crippen LogP contribution is -1.98. The fourth-order valence-electron chi connectivity index (χ4n) is 3.32. The maximum Gasteiger partial charge on any atom is 0.310 e. The minimum absolute atomic E-state index is 0.155. The highest BCUT2D eigenvalue weighted by atomic mass is 16.5. The number of aliphatic carboxylic acids is 1. The molecule has 0 radical (unpaired) electrons. The fraction of sp³-hybridized carbons (Fsp3) is 0.786. The number of unbranched alkanes of at least 4 members (excludes halogenated alkanes) is 16. The summed E-state index contributed by atoms with van der Waals surface area (Å²) in [7, 11) is 0. The van der Waals surface area contributed by atoms with E-state index in [-0.39, 0.29) is 5.97 Å². The van der Waals surface area contributed by atoms with E-state index in [0.717, 1.165) is 25.7 Å². The summed E-state index contributed by atoms with van der Waals surface area (Å²) in [6.07, 6.45) is 24.6. The predicted molar refractivity (Wildman–Crippen MR) is 139 cm³/mol. The van der Waals surface area contributed by atoms with Gasteiger partial charge in [0, 0.05) is 12.8 Å². The summed E-state index contributed by atoms with van der Waals surface area (Å²) in [6.45, 7) is 13.8. The number of carbonyl (C=O) groups is 2. The maximum atomic E-state index is 11.0. The van der Waals surface area contributed by atoms with Gasteiger partial charge < -0.3 is 9.84 Å². The van der Waals surface area contributed by atoms with E-state index in [4.69, 9.17) is 5.11 Å². The molecule has 0 aromatic heterocycles. The monoisotopic (exact) mass is 454 g/mol. The van der Waals surface area contributed by atoms with E-state index in [1.807, 2.05) is 0 Å². The lowest BCUT2D eigenvalue weighted by atomic mass is 10.1. The van der Waals surface area contributed by atoms with Crippen molar-refractivity contribution in [1.82, 2.24) is 0 Å². The summed E-state index contributed by atoms with van der Waals surface area (Å²) < 4.78 is 4.64. The molecule has 0 aliphatic rings. The Balaban J connectivity index is -0.000000491. The average molecular weight is 455 g/mol. The van der Waals surface area contributed by atoms with Crippen molar-refractivity contribution in [3.8, 4) is 0 Å². The first-order valence-electron chi connectivity index (χ1n) is 13.1. The van der Waals surface area contributed by atoms with Gasteiger partial charge in [0.25, 0.3) is 0 Å². The molecule has 0 aromatic rings. The zero-order valence-electron chi connectivity index (χ0n) is 21.5. The molecular formula is C28H54O4. The van der Waals surface area contributed by atoms with Crippen LogP contribution in [-0.4, -0.2) is 17.0 Å². The average Bonchev–Trinajstić information content (AvgIpc) is 2.79. The minimum Gasteiger partial charge on any atom is -0.481 e. The quantitative estimate of drug-likeness (QED) is 0.0811.